The van der Waals surface area contributed by atoms with Crippen LogP contribution >= 0.6 is 11.6 Å². The number of phenolic OH excluding ortho intramolecular Hbond substituents is 2. The Labute approximate surface area is 110 Å². The van der Waals surface area contributed by atoms with Crippen LogP contribution in [0.5, 0.6) is 11.5 Å². The van der Waals surface area contributed by atoms with E-state index in [-0.39, 0.29) is 17.5 Å². The van der Waals surface area contributed by atoms with E-state index >= 15 is 0 Å². The lowest BCUT2D eigenvalue weighted by Gasteiger charge is -2.18. The van der Waals surface area contributed by atoms with Gasteiger partial charge in [0.15, 0.2) is 0 Å². The fraction of sp³-hybridized carbons (Fsp3) is 0.154. The maximum atomic E-state index is 9.76. The largest absolute Gasteiger partial charge is 0.507 e. The summed E-state index contributed by atoms with van der Waals surface area (Å²) in [6.07, 6.45) is 3.19. The van der Waals surface area contributed by atoms with E-state index in [4.69, 9.17) is 11.6 Å². The van der Waals surface area contributed by atoms with Crippen molar-refractivity contribution < 1.29 is 10.2 Å². The first-order chi connectivity index (χ1) is 8.59. The van der Waals surface area contributed by atoms with Gasteiger partial charge in [-0.2, -0.15) is 0 Å². The summed E-state index contributed by atoms with van der Waals surface area (Å²) in [7, 11) is 0. The van der Waals surface area contributed by atoms with Gasteiger partial charge < -0.3 is 15.5 Å². The Hall–Kier alpha value is -1.94. The summed E-state index contributed by atoms with van der Waals surface area (Å²) in [5.74, 6) is 0.0741. The van der Waals surface area contributed by atoms with E-state index < -0.39 is 0 Å². The Balaban J connectivity index is 2.28. The van der Waals surface area contributed by atoms with E-state index in [9.17, 15) is 10.2 Å². The van der Waals surface area contributed by atoms with Crippen LogP contribution in [-0.4, -0.2) is 15.2 Å². The molecular weight excluding hydrogens is 252 g/mol. The van der Waals surface area contributed by atoms with Gasteiger partial charge in [-0.25, -0.2) is 0 Å². The van der Waals surface area contributed by atoms with Crippen molar-refractivity contribution >= 4 is 17.3 Å². The molecular formula is C13H13ClN2O2. The fourth-order valence-corrected chi connectivity index (χ4v) is 1.93. The number of halogens is 1. The number of nitrogens with zero attached hydrogens (tertiary/aromatic N) is 1. The quantitative estimate of drug-likeness (QED) is 0.796. The summed E-state index contributed by atoms with van der Waals surface area (Å²) >= 11 is 6.01. The van der Waals surface area contributed by atoms with E-state index in [2.05, 4.69) is 10.3 Å². The van der Waals surface area contributed by atoms with Crippen molar-refractivity contribution in [3.05, 3.63) is 47.2 Å². The Kier molecular flexibility index (Phi) is 3.58. The number of aromatic hydroxyl groups is 2. The summed E-state index contributed by atoms with van der Waals surface area (Å²) in [5.41, 5.74) is 1.08. The van der Waals surface area contributed by atoms with Gasteiger partial charge in [-0.3, -0.25) is 4.98 Å². The highest BCUT2D eigenvalue weighted by atomic mass is 35.5. The van der Waals surface area contributed by atoms with E-state index in [0.717, 1.165) is 0 Å². The molecule has 0 aliphatic carbocycles. The van der Waals surface area contributed by atoms with Crippen LogP contribution < -0.4 is 5.32 Å². The molecule has 0 amide bonds. The molecule has 1 unspecified atom stereocenters. The molecule has 0 radical (unpaired) electrons. The highest BCUT2D eigenvalue weighted by Crippen LogP contribution is 2.35. The molecule has 2 rings (SSSR count). The molecule has 94 valence electrons. The number of benzene rings is 1. The average molecular weight is 265 g/mol. The minimum absolute atomic E-state index is 0.0370. The van der Waals surface area contributed by atoms with E-state index in [1.165, 1.54) is 12.1 Å². The first-order valence-corrected chi connectivity index (χ1v) is 5.84. The van der Waals surface area contributed by atoms with Crippen LogP contribution in [-0.2, 0) is 0 Å². The van der Waals surface area contributed by atoms with Crippen molar-refractivity contribution in [3.63, 3.8) is 0 Å². The molecule has 0 aliphatic heterocycles. The smallest absolute Gasteiger partial charge is 0.124 e. The van der Waals surface area contributed by atoms with Crippen molar-refractivity contribution in [2.24, 2.45) is 0 Å². The SMILES string of the molecule is CC(Nc1cnccc1Cl)c1c(O)cccc1O. The Morgan fingerprint density at radius 2 is 1.89 bits per heavy atom. The molecule has 1 aromatic carbocycles. The Morgan fingerprint density at radius 3 is 2.50 bits per heavy atom. The maximum absolute atomic E-state index is 9.76. The molecule has 0 bridgehead atoms. The summed E-state index contributed by atoms with van der Waals surface area (Å²) in [6.45, 7) is 1.82. The van der Waals surface area contributed by atoms with Gasteiger partial charge in [-0.1, -0.05) is 17.7 Å². The van der Waals surface area contributed by atoms with Crippen molar-refractivity contribution in [3.8, 4) is 11.5 Å². The van der Waals surface area contributed by atoms with Crippen LogP contribution in [0.2, 0.25) is 5.02 Å². The van der Waals surface area contributed by atoms with Gasteiger partial charge in [0.05, 0.1) is 28.5 Å². The monoisotopic (exact) mass is 264 g/mol. The lowest BCUT2D eigenvalue weighted by molar-refractivity contribution is 0.434. The van der Waals surface area contributed by atoms with Crippen LogP contribution in [0.4, 0.5) is 5.69 Å². The number of anilines is 1. The van der Waals surface area contributed by atoms with Gasteiger partial charge in [0, 0.05) is 6.20 Å². The summed E-state index contributed by atoms with van der Waals surface area (Å²) in [4.78, 5) is 3.97. The molecule has 0 spiro atoms. The van der Waals surface area contributed by atoms with E-state index in [0.29, 0.717) is 16.3 Å². The zero-order valence-corrected chi connectivity index (χ0v) is 10.5. The zero-order chi connectivity index (χ0) is 13.1. The minimum Gasteiger partial charge on any atom is -0.507 e. The van der Waals surface area contributed by atoms with Gasteiger partial charge in [0.25, 0.3) is 0 Å². The second kappa shape index (κ2) is 5.14. The third kappa shape index (κ3) is 2.49. The molecule has 5 heteroatoms. The van der Waals surface area contributed by atoms with Crippen molar-refractivity contribution in [1.29, 1.82) is 0 Å². The van der Waals surface area contributed by atoms with Gasteiger partial charge in [-0.05, 0) is 25.1 Å². The van der Waals surface area contributed by atoms with Crippen molar-refractivity contribution in [2.45, 2.75) is 13.0 Å². The summed E-state index contributed by atoms with van der Waals surface area (Å²) in [5, 5.41) is 23.1. The van der Waals surface area contributed by atoms with Crippen LogP contribution in [0.1, 0.15) is 18.5 Å². The molecule has 18 heavy (non-hydrogen) atoms. The van der Waals surface area contributed by atoms with E-state index in [1.54, 1.807) is 24.5 Å². The highest BCUT2D eigenvalue weighted by Gasteiger charge is 2.15. The fourth-order valence-electron chi connectivity index (χ4n) is 1.77. The standard InChI is InChI=1S/C13H13ClN2O2/c1-8(13-11(17)3-2-4-12(13)18)16-10-7-15-6-5-9(10)14/h2-8,16-18H,1H3. The Morgan fingerprint density at radius 1 is 1.22 bits per heavy atom. The second-order valence-corrected chi connectivity index (χ2v) is 4.34. The van der Waals surface area contributed by atoms with Crippen molar-refractivity contribution in [1.82, 2.24) is 4.98 Å². The number of rotatable bonds is 3. The summed E-state index contributed by atoms with van der Waals surface area (Å²) < 4.78 is 0. The third-order valence-electron chi connectivity index (χ3n) is 2.63. The third-order valence-corrected chi connectivity index (χ3v) is 2.96. The van der Waals surface area contributed by atoms with Crippen LogP contribution in [0.3, 0.4) is 0 Å². The van der Waals surface area contributed by atoms with Crippen LogP contribution in [0, 0.1) is 0 Å². The number of aromatic nitrogens is 1. The van der Waals surface area contributed by atoms with Gasteiger partial charge in [0.2, 0.25) is 0 Å². The molecule has 1 atom stereocenters. The predicted octanol–water partition coefficient (Wildman–Crippen LogP) is 3.32. The first-order valence-electron chi connectivity index (χ1n) is 5.46. The molecule has 1 heterocycles. The molecule has 0 fully saturated rings. The Bertz CT molecular complexity index is 540. The predicted molar refractivity (Wildman–Crippen MR) is 71.1 cm³/mol. The van der Waals surface area contributed by atoms with Gasteiger partial charge in [-0.15, -0.1) is 0 Å². The first kappa shape index (κ1) is 12.5. The maximum Gasteiger partial charge on any atom is 0.124 e. The average Bonchev–Trinajstić information content (AvgIpc) is 2.32. The molecule has 0 saturated carbocycles. The summed E-state index contributed by atoms with van der Waals surface area (Å²) in [6, 6.07) is 6.00. The number of hydrogen-bond acceptors (Lipinski definition) is 4. The molecule has 1 aromatic heterocycles. The molecule has 4 nitrogen and oxygen atoms in total. The molecule has 3 N–H and O–H groups in total. The number of phenols is 2. The topological polar surface area (TPSA) is 65.4 Å². The normalized spacial score (nSPS) is 12.1. The molecule has 2 aromatic rings. The second-order valence-electron chi connectivity index (χ2n) is 3.93. The molecule has 0 aliphatic rings. The number of nitrogens with one attached hydrogen (secondary N) is 1. The van der Waals surface area contributed by atoms with Crippen LogP contribution in [0.15, 0.2) is 36.7 Å². The van der Waals surface area contributed by atoms with Crippen molar-refractivity contribution in [2.75, 3.05) is 5.32 Å². The zero-order valence-electron chi connectivity index (χ0n) is 9.76. The van der Waals surface area contributed by atoms with Gasteiger partial charge in [0.1, 0.15) is 11.5 Å². The number of pyridine rings is 1. The lowest BCUT2D eigenvalue weighted by atomic mass is 10.1. The minimum atomic E-state index is -0.298. The van der Waals surface area contributed by atoms with E-state index in [1.807, 2.05) is 6.92 Å². The van der Waals surface area contributed by atoms with Crippen LogP contribution in [0.25, 0.3) is 0 Å². The van der Waals surface area contributed by atoms with Gasteiger partial charge >= 0.3 is 0 Å². The number of hydrogen-bond donors (Lipinski definition) is 3. The lowest BCUT2D eigenvalue weighted by Crippen LogP contribution is -2.07. The molecule has 0 saturated heterocycles. The highest BCUT2D eigenvalue weighted by molar-refractivity contribution is 6.33.